The minimum Gasteiger partial charge on any atom is -0.395 e. The molecule has 3 nitrogen and oxygen atoms in total. The van der Waals surface area contributed by atoms with Crippen molar-refractivity contribution >= 4 is 0 Å². The van der Waals surface area contributed by atoms with Gasteiger partial charge < -0.3 is 5.11 Å². The smallest absolute Gasteiger partial charge is 0.0558 e. The third kappa shape index (κ3) is 4.24. The third-order valence-electron chi connectivity index (χ3n) is 6.51. The molecule has 3 aliphatic rings. The maximum absolute atomic E-state index is 9.15. The minimum atomic E-state index is 0.314. The largest absolute Gasteiger partial charge is 0.395 e. The van der Waals surface area contributed by atoms with Crippen molar-refractivity contribution < 1.29 is 5.11 Å². The molecule has 0 amide bonds. The van der Waals surface area contributed by atoms with Crippen LogP contribution in [0.4, 0.5) is 0 Å². The van der Waals surface area contributed by atoms with E-state index in [4.69, 9.17) is 5.11 Å². The van der Waals surface area contributed by atoms with Gasteiger partial charge in [-0.1, -0.05) is 38.5 Å². The van der Waals surface area contributed by atoms with Crippen LogP contribution in [0.3, 0.4) is 0 Å². The average Bonchev–Trinajstić information content (AvgIpc) is 2.59. The van der Waals surface area contributed by atoms with Gasteiger partial charge in [0.05, 0.1) is 6.61 Å². The molecule has 0 aromatic carbocycles. The van der Waals surface area contributed by atoms with Gasteiger partial charge in [-0.05, 0) is 37.5 Å². The van der Waals surface area contributed by atoms with Gasteiger partial charge in [-0.3, -0.25) is 9.80 Å². The van der Waals surface area contributed by atoms with Crippen LogP contribution in [0, 0.1) is 11.8 Å². The summed E-state index contributed by atoms with van der Waals surface area (Å²) in [6.45, 7) is 5.97. The highest BCUT2D eigenvalue weighted by Gasteiger charge is 2.36. The molecule has 0 spiro atoms. The van der Waals surface area contributed by atoms with Gasteiger partial charge in [-0.2, -0.15) is 0 Å². The molecule has 0 aromatic rings. The summed E-state index contributed by atoms with van der Waals surface area (Å²) in [7, 11) is 0. The Bertz CT molecular complexity index is 285. The predicted molar refractivity (Wildman–Crippen MR) is 92.0 cm³/mol. The first-order valence-corrected chi connectivity index (χ1v) is 9.96. The number of aliphatic hydroxyl groups is 1. The zero-order valence-electron chi connectivity index (χ0n) is 14.4. The topological polar surface area (TPSA) is 26.7 Å². The highest BCUT2D eigenvalue weighted by Crippen LogP contribution is 2.38. The second-order valence-corrected chi connectivity index (χ2v) is 7.89. The van der Waals surface area contributed by atoms with Crippen LogP contribution in [0.25, 0.3) is 0 Å². The fraction of sp³-hybridized carbons (Fsp3) is 1.00. The molecule has 0 atom stereocenters. The molecule has 0 bridgehead atoms. The Labute approximate surface area is 137 Å². The summed E-state index contributed by atoms with van der Waals surface area (Å²) in [5.41, 5.74) is 0. The molecule has 1 saturated heterocycles. The van der Waals surface area contributed by atoms with E-state index in [9.17, 15) is 0 Å². The highest BCUT2D eigenvalue weighted by atomic mass is 16.3. The molecular formula is C19H36N2O. The Kier molecular flexibility index (Phi) is 6.58. The van der Waals surface area contributed by atoms with Crippen molar-refractivity contribution in [1.82, 2.24) is 9.80 Å². The number of piperazine rings is 1. The second-order valence-electron chi connectivity index (χ2n) is 7.89. The monoisotopic (exact) mass is 308 g/mol. The lowest BCUT2D eigenvalue weighted by Crippen LogP contribution is -2.55. The van der Waals surface area contributed by atoms with E-state index in [1.807, 2.05) is 0 Å². The number of hydrogen-bond acceptors (Lipinski definition) is 3. The summed E-state index contributed by atoms with van der Waals surface area (Å²) in [5, 5.41) is 9.15. The van der Waals surface area contributed by atoms with E-state index in [1.165, 1.54) is 77.3 Å². The zero-order chi connectivity index (χ0) is 15.2. The van der Waals surface area contributed by atoms with E-state index in [0.29, 0.717) is 6.61 Å². The molecule has 128 valence electrons. The molecule has 0 radical (unpaired) electrons. The summed E-state index contributed by atoms with van der Waals surface area (Å²) < 4.78 is 0. The first-order valence-electron chi connectivity index (χ1n) is 9.96. The van der Waals surface area contributed by atoms with Crippen LogP contribution in [-0.4, -0.2) is 60.3 Å². The summed E-state index contributed by atoms with van der Waals surface area (Å²) in [6, 6.07) is 0.872. The Morgan fingerprint density at radius 3 is 1.68 bits per heavy atom. The van der Waals surface area contributed by atoms with Crippen LogP contribution >= 0.6 is 0 Å². The third-order valence-corrected chi connectivity index (χ3v) is 6.51. The molecule has 2 saturated carbocycles. The molecule has 1 N–H and O–H groups in total. The van der Waals surface area contributed by atoms with Gasteiger partial charge in [0, 0.05) is 38.8 Å². The van der Waals surface area contributed by atoms with Crippen molar-refractivity contribution in [3.8, 4) is 0 Å². The fourth-order valence-corrected chi connectivity index (χ4v) is 5.36. The number of aliphatic hydroxyl groups excluding tert-OH is 1. The summed E-state index contributed by atoms with van der Waals surface area (Å²) in [6.07, 6.45) is 14.8. The Hall–Kier alpha value is -0.120. The number of hydrogen-bond donors (Lipinski definition) is 1. The molecule has 3 rings (SSSR count). The van der Waals surface area contributed by atoms with E-state index in [1.54, 1.807) is 0 Å². The van der Waals surface area contributed by atoms with Crippen LogP contribution in [0.1, 0.15) is 64.2 Å². The Morgan fingerprint density at radius 2 is 1.23 bits per heavy atom. The van der Waals surface area contributed by atoms with Gasteiger partial charge in [0.25, 0.3) is 0 Å². The van der Waals surface area contributed by atoms with Crippen LogP contribution in [0.2, 0.25) is 0 Å². The van der Waals surface area contributed by atoms with Gasteiger partial charge in [0.15, 0.2) is 0 Å². The van der Waals surface area contributed by atoms with Crippen molar-refractivity contribution in [3.05, 3.63) is 0 Å². The van der Waals surface area contributed by atoms with Crippen molar-refractivity contribution in [2.24, 2.45) is 11.8 Å². The van der Waals surface area contributed by atoms with Crippen molar-refractivity contribution in [3.63, 3.8) is 0 Å². The quantitative estimate of drug-likeness (QED) is 0.845. The maximum Gasteiger partial charge on any atom is 0.0558 e. The molecule has 0 aromatic heterocycles. The van der Waals surface area contributed by atoms with Gasteiger partial charge >= 0.3 is 0 Å². The van der Waals surface area contributed by atoms with Crippen molar-refractivity contribution in [2.45, 2.75) is 70.3 Å². The first-order chi connectivity index (χ1) is 10.9. The lowest BCUT2D eigenvalue weighted by molar-refractivity contribution is 0.0139. The van der Waals surface area contributed by atoms with Gasteiger partial charge in [-0.15, -0.1) is 0 Å². The number of β-amino-alcohol motifs (C(OH)–C–C–N with tert-alkyl or cyclic N) is 1. The summed E-state index contributed by atoms with van der Waals surface area (Å²) in [5.74, 6) is 1.95. The Morgan fingerprint density at radius 1 is 0.727 bits per heavy atom. The molecule has 1 heterocycles. The molecule has 1 aliphatic heterocycles. The van der Waals surface area contributed by atoms with Gasteiger partial charge in [0.2, 0.25) is 0 Å². The average molecular weight is 309 g/mol. The Balaban J connectivity index is 1.62. The molecule has 0 unspecified atom stereocenters. The number of rotatable bonds is 5. The predicted octanol–water partition coefficient (Wildman–Crippen LogP) is 3.13. The van der Waals surface area contributed by atoms with Gasteiger partial charge in [-0.25, -0.2) is 0 Å². The van der Waals surface area contributed by atoms with Gasteiger partial charge in [0.1, 0.15) is 0 Å². The minimum absolute atomic E-state index is 0.314. The van der Waals surface area contributed by atoms with E-state index < -0.39 is 0 Å². The standard InChI is InChI=1S/C19H36N2O/c22-16-15-20-11-13-21(14-12-20)19(17-7-3-1-4-8-17)18-9-5-2-6-10-18/h17-19,22H,1-16H2. The van der Waals surface area contributed by atoms with Crippen molar-refractivity contribution in [2.75, 3.05) is 39.3 Å². The molecule has 3 fully saturated rings. The van der Waals surface area contributed by atoms with Crippen LogP contribution in [-0.2, 0) is 0 Å². The molecule has 3 heteroatoms. The number of nitrogens with zero attached hydrogens (tertiary/aromatic N) is 2. The lowest BCUT2D eigenvalue weighted by atomic mass is 9.73. The van der Waals surface area contributed by atoms with Crippen LogP contribution in [0.5, 0.6) is 0 Å². The highest BCUT2D eigenvalue weighted by molar-refractivity contribution is 4.90. The SMILES string of the molecule is OCCN1CCN(C(C2CCCCC2)C2CCCCC2)CC1. The maximum atomic E-state index is 9.15. The van der Waals surface area contributed by atoms with Crippen LogP contribution < -0.4 is 0 Å². The molecular weight excluding hydrogens is 272 g/mol. The summed E-state index contributed by atoms with van der Waals surface area (Å²) >= 11 is 0. The second kappa shape index (κ2) is 8.65. The van der Waals surface area contributed by atoms with Crippen molar-refractivity contribution in [1.29, 1.82) is 0 Å². The zero-order valence-corrected chi connectivity index (χ0v) is 14.4. The van der Waals surface area contributed by atoms with E-state index >= 15 is 0 Å². The molecule has 2 aliphatic carbocycles. The molecule has 22 heavy (non-hydrogen) atoms. The summed E-state index contributed by atoms with van der Waals surface area (Å²) in [4.78, 5) is 5.30. The van der Waals surface area contributed by atoms with E-state index in [2.05, 4.69) is 9.80 Å². The lowest BCUT2D eigenvalue weighted by Gasteiger charge is -2.47. The van der Waals surface area contributed by atoms with E-state index in [0.717, 1.165) is 37.5 Å². The first kappa shape index (κ1) is 16.7. The normalized spacial score (nSPS) is 27.5. The van der Waals surface area contributed by atoms with Crippen LogP contribution in [0.15, 0.2) is 0 Å². The fourth-order valence-electron chi connectivity index (χ4n) is 5.36. The van der Waals surface area contributed by atoms with E-state index in [-0.39, 0.29) is 0 Å².